The first-order chi connectivity index (χ1) is 11.5. The molecule has 3 aromatic rings. The molecule has 3 aromatic heterocycles. The Kier molecular flexibility index (Phi) is 3.75. The fourth-order valence-corrected chi connectivity index (χ4v) is 4.65. The average Bonchev–Trinajstić information content (AvgIpc) is 3.13. The molecule has 1 amide bonds. The van der Waals surface area contributed by atoms with Gasteiger partial charge in [0.05, 0.1) is 5.39 Å². The third kappa shape index (κ3) is 2.47. The number of nitrogens with zero attached hydrogens (tertiary/aromatic N) is 4. The molecule has 0 radical (unpaired) electrons. The van der Waals surface area contributed by atoms with Crippen LogP contribution in [0.2, 0.25) is 0 Å². The molecule has 1 N–H and O–H groups in total. The molecule has 4 rings (SSSR count). The van der Waals surface area contributed by atoms with Crippen molar-refractivity contribution in [1.29, 1.82) is 0 Å². The first kappa shape index (κ1) is 15.5. The van der Waals surface area contributed by atoms with Crippen LogP contribution in [-0.2, 0) is 6.42 Å². The number of carbonyl (C=O) groups excluding carboxylic acids is 1. The van der Waals surface area contributed by atoms with Gasteiger partial charge in [-0.05, 0) is 36.7 Å². The van der Waals surface area contributed by atoms with Gasteiger partial charge in [-0.15, -0.1) is 16.4 Å². The molecular formula is C17H21N5OS. The molecular weight excluding hydrogens is 322 g/mol. The van der Waals surface area contributed by atoms with Crippen molar-refractivity contribution in [2.45, 2.75) is 46.0 Å². The van der Waals surface area contributed by atoms with Gasteiger partial charge in [0.15, 0.2) is 5.65 Å². The molecule has 0 bridgehead atoms. The van der Waals surface area contributed by atoms with E-state index in [4.69, 9.17) is 0 Å². The van der Waals surface area contributed by atoms with Crippen molar-refractivity contribution >= 4 is 33.1 Å². The van der Waals surface area contributed by atoms with E-state index in [2.05, 4.69) is 41.2 Å². The van der Waals surface area contributed by atoms with Crippen molar-refractivity contribution < 1.29 is 4.79 Å². The van der Waals surface area contributed by atoms with E-state index < -0.39 is 0 Å². The number of hydrogen-bond acceptors (Lipinski definition) is 5. The van der Waals surface area contributed by atoms with Gasteiger partial charge in [-0.2, -0.15) is 0 Å². The van der Waals surface area contributed by atoms with Gasteiger partial charge in [0.1, 0.15) is 11.2 Å². The molecule has 0 fully saturated rings. The molecule has 1 aliphatic carbocycles. The molecule has 0 saturated carbocycles. The van der Waals surface area contributed by atoms with Crippen LogP contribution in [0.5, 0.6) is 0 Å². The molecule has 6 nitrogen and oxygen atoms in total. The molecule has 1 unspecified atom stereocenters. The number of hydrogen-bond donors (Lipinski definition) is 1. The Labute approximate surface area is 144 Å². The maximum atomic E-state index is 12.3. The first-order valence-corrected chi connectivity index (χ1v) is 9.31. The quantitative estimate of drug-likeness (QED) is 0.793. The van der Waals surface area contributed by atoms with Crippen LogP contribution in [0.1, 0.15) is 60.6 Å². The third-order valence-corrected chi connectivity index (χ3v) is 5.72. The highest BCUT2D eigenvalue weighted by molar-refractivity contribution is 7.19. The lowest BCUT2D eigenvalue weighted by atomic mass is 9.87. The number of amides is 1. The fourth-order valence-electron chi connectivity index (χ4n) is 3.36. The molecule has 3 heterocycles. The Bertz CT molecular complexity index is 926. The summed E-state index contributed by atoms with van der Waals surface area (Å²) in [5, 5.41) is 8.29. The highest BCUT2D eigenvalue weighted by Crippen LogP contribution is 2.42. The van der Waals surface area contributed by atoms with Crippen LogP contribution in [0.3, 0.4) is 0 Å². The predicted octanol–water partition coefficient (Wildman–Crippen LogP) is 3.16. The van der Waals surface area contributed by atoms with Crippen LogP contribution in [-0.4, -0.2) is 32.0 Å². The number of nitrogens with one attached hydrogen (secondary N) is 1. The van der Waals surface area contributed by atoms with Crippen molar-refractivity contribution in [2.24, 2.45) is 5.92 Å². The Morgan fingerprint density at radius 2 is 2.33 bits per heavy atom. The lowest BCUT2D eigenvalue weighted by Crippen LogP contribution is -2.28. The lowest BCUT2D eigenvalue weighted by molar-refractivity contribution is 0.0939. The summed E-state index contributed by atoms with van der Waals surface area (Å²) in [6, 6.07) is 0. The largest absolute Gasteiger partial charge is 0.349 e. The van der Waals surface area contributed by atoms with Gasteiger partial charge < -0.3 is 5.32 Å². The normalized spacial score (nSPS) is 17.6. The maximum Gasteiger partial charge on any atom is 0.291 e. The Morgan fingerprint density at radius 1 is 1.50 bits per heavy atom. The van der Waals surface area contributed by atoms with E-state index in [1.54, 1.807) is 22.2 Å². The summed E-state index contributed by atoms with van der Waals surface area (Å²) in [5.41, 5.74) is 2.11. The number of carbonyl (C=O) groups is 1. The van der Waals surface area contributed by atoms with Crippen molar-refractivity contribution in [2.75, 3.05) is 6.54 Å². The first-order valence-electron chi connectivity index (χ1n) is 8.49. The van der Waals surface area contributed by atoms with Crippen LogP contribution in [0.25, 0.3) is 15.9 Å². The van der Waals surface area contributed by atoms with Crippen molar-refractivity contribution in [3.8, 4) is 0 Å². The minimum absolute atomic E-state index is 0.216. The number of aromatic nitrogens is 4. The van der Waals surface area contributed by atoms with Crippen LogP contribution >= 0.6 is 11.3 Å². The second-order valence-electron chi connectivity index (χ2n) is 6.96. The number of rotatable bonds is 3. The summed E-state index contributed by atoms with van der Waals surface area (Å²) in [6.45, 7) is 7.00. The SMILES string of the molecule is CC(C)CNC(=O)c1nc2c3c4c(sc3ncn2n1)CCCC4C. The molecule has 7 heteroatoms. The van der Waals surface area contributed by atoms with Gasteiger partial charge in [0.2, 0.25) is 5.82 Å². The van der Waals surface area contributed by atoms with E-state index in [-0.39, 0.29) is 11.7 Å². The molecule has 0 aromatic carbocycles. The standard InChI is InChI=1S/C17H21N5OS/c1-9(2)7-18-16(23)14-20-15-13-12-10(3)5-4-6-11(12)24-17(13)19-8-22(15)21-14/h8-10H,4-7H2,1-3H3,(H,18,23). The molecule has 126 valence electrons. The second-order valence-corrected chi connectivity index (χ2v) is 8.05. The van der Waals surface area contributed by atoms with Crippen molar-refractivity contribution in [1.82, 2.24) is 24.9 Å². The summed E-state index contributed by atoms with van der Waals surface area (Å²) in [5.74, 6) is 0.889. The zero-order chi connectivity index (χ0) is 16.8. The van der Waals surface area contributed by atoms with Crippen LogP contribution in [0.15, 0.2) is 6.33 Å². The van der Waals surface area contributed by atoms with Gasteiger partial charge in [0, 0.05) is 11.4 Å². The zero-order valence-corrected chi connectivity index (χ0v) is 15.0. The Balaban J connectivity index is 1.83. The van der Waals surface area contributed by atoms with Crippen LogP contribution in [0.4, 0.5) is 0 Å². The van der Waals surface area contributed by atoms with Gasteiger partial charge in [-0.25, -0.2) is 14.5 Å². The van der Waals surface area contributed by atoms with Gasteiger partial charge in [0.25, 0.3) is 5.91 Å². The summed E-state index contributed by atoms with van der Waals surface area (Å²) < 4.78 is 1.64. The van der Waals surface area contributed by atoms with E-state index in [1.165, 1.54) is 23.3 Å². The van der Waals surface area contributed by atoms with Gasteiger partial charge >= 0.3 is 0 Å². The minimum Gasteiger partial charge on any atom is -0.349 e. The van der Waals surface area contributed by atoms with E-state index >= 15 is 0 Å². The smallest absolute Gasteiger partial charge is 0.291 e. The summed E-state index contributed by atoms with van der Waals surface area (Å²) in [7, 11) is 0. The number of thiophene rings is 1. The minimum atomic E-state index is -0.224. The van der Waals surface area contributed by atoms with Gasteiger partial charge in [-0.1, -0.05) is 20.8 Å². The molecule has 1 atom stereocenters. The monoisotopic (exact) mass is 343 g/mol. The summed E-state index contributed by atoms with van der Waals surface area (Å²) >= 11 is 1.76. The molecule has 0 aliphatic heterocycles. The highest BCUT2D eigenvalue weighted by atomic mass is 32.1. The molecule has 0 saturated heterocycles. The van der Waals surface area contributed by atoms with E-state index in [1.807, 2.05) is 0 Å². The van der Waals surface area contributed by atoms with Gasteiger partial charge in [-0.3, -0.25) is 4.79 Å². The highest BCUT2D eigenvalue weighted by Gasteiger charge is 2.25. The Morgan fingerprint density at radius 3 is 3.12 bits per heavy atom. The van der Waals surface area contributed by atoms with Crippen LogP contribution in [0, 0.1) is 5.92 Å². The van der Waals surface area contributed by atoms with E-state index in [0.717, 1.165) is 22.3 Å². The molecule has 24 heavy (non-hydrogen) atoms. The topological polar surface area (TPSA) is 72.2 Å². The Hall–Kier alpha value is -2.02. The second kappa shape index (κ2) is 5.81. The van der Waals surface area contributed by atoms with E-state index in [0.29, 0.717) is 18.4 Å². The maximum absolute atomic E-state index is 12.3. The number of aryl methyl sites for hydroxylation is 1. The van der Waals surface area contributed by atoms with Crippen molar-refractivity contribution in [3.05, 3.63) is 22.6 Å². The van der Waals surface area contributed by atoms with Crippen molar-refractivity contribution in [3.63, 3.8) is 0 Å². The summed E-state index contributed by atoms with van der Waals surface area (Å²) in [6.07, 6.45) is 5.20. The third-order valence-electron chi connectivity index (χ3n) is 4.55. The molecule has 0 spiro atoms. The number of fused-ring (bicyclic) bond motifs is 5. The van der Waals surface area contributed by atoms with E-state index in [9.17, 15) is 4.79 Å². The zero-order valence-electron chi connectivity index (χ0n) is 14.2. The fraction of sp³-hybridized carbons (Fsp3) is 0.529. The average molecular weight is 343 g/mol. The predicted molar refractivity (Wildman–Crippen MR) is 94.7 cm³/mol. The molecule has 1 aliphatic rings. The van der Waals surface area contributed by atoms with Crippen LogP contribution < -0.4 is 5.32 Å². The summed E-state index contributed by atoms with van der Waals surface area (Å²) in [4.78, 5) is 23.8. The lowest BCUT2D eigenvalue weighted by Gasteiger charge is -2.18.